The zero-order valence-electron chi connectivity index (χ0n) is 9.21. The molecular weight excluding hydrogens is 218 g/mol. The topological polar surface area (TPSA) is 35.5 Å². The summed E-state index contributed by atoms with van der Waals surface area (Å²) in [5.74, 6) is 0.0103. The first kappa shape index (κ1) is 12.4. The average molecular weight is 230 g/mol. The number of alkyl halides is 2. The van der Waals surface area contributed by atoms with E-state index in [1.165, 1.54) is 27.2 Å². The van der Waals surface area contributed by atoms with E-state index in [4.69, 9.17) is 9.47 Å². The van der Waals surface area contributed by atoms with E-state index in [0.29, 0.717) is 0 Å². The number of rotatable bonds is 4. The molecule has 5 heteroatoms. The van der Waals surface area contributed by atoms with Gasteiger partial charge in [-0.05, 0) is 19.1 Å². The minimum atomic E-state index is -2.72. The highest BCUT2D eigenvalue weighted by Crippen LogP contribution is 2.35. The molecule has 0 aliphatic carbocycles. The highest BCUT2D eigenvalue weighted by molar-refractivity contribution is 5.96. The summed E-state index contributed by atoms with van der Waals surface area (Å²) in [6.45, 7) is 1.23. The van der Waals surface area contributed by atoms with Crippen molar-refractivity contribution in [3.05, 3.63) is 23.3 Å². The second kappa shape index (κ2) is 4.92. The van der Waals surface area contributed by atoms with E-state index in [0.717, 1.165) is 6.07 Å². The van der Waals surface area contributed by atoms with Gasteiger partial charge in [0.05, 0.1) is 14.2 Å². The van der Waals surface area contributed by atoms with Crippen molar-refractivity contribution in [3.63, 3.8) is 0 Å². The van der Waals surface area contributed by atoms with Crippen LogP contribution in [0, 0.1) is 0 Å². The van der Waals surface area contributed by atoms with Gasteiger partial charge in [-0.3, -0.25) is 4.79 Å². The zero-order chi connectivity index (χ0) is 12.3. The number of methoxy groups -OCH3 is 2. The molecule has 0 radical (unpaired) electrons. The van der Waals surface area contributed by atoms with E-state index in [-0.39, 0.29) is 22.6 Å². The fourth-order valence-electron chi connectivity index (χ4n) is 1.38. The molecule has 0 spiro atoms. The van der Waals surface area contributed by atoms with Gasteiger partial charge in [0, 0.05) is 11.1 Å². The number of ketones is 1. The van der Waals surface area contributed by atoms with Gasteiger partial charge < -0.3 is 9.47 Å². The van der Waals surface area contributed by atoms with Gasteiger partial charge in [0.2, 0.25) is 0 Å². The van der Waals surface area contributed by atoms with Gasteiger partial charge in [-0.2, -0.15) is 0 Å². The van der Waals surface area contributed by atoms with Crippen LogP contribution in [-0.2, 0) is 0 Å². The lowest BCUT2D eigenvalue weighted by atomic mass is 10.0. The molecule has 0 saturated heterocycles. The number of hydrogen-bond donors (Lipinski definition) is 0. The lowest BCUT2D eigenvalue weighted by Crippen LogP contribution is -2.03. The summed E-state index contributed by atoms with van der Waals surface area (Å²) in [5, 5.41) is 0. The number of Topliss-reactive ketones (excluding diaryl/α,β-unsaturated/α-hetero) is 1. The molecule has 0 atom stereocenters. The molecule has 0 heterocycles. The van der Waals surface area contributed by atoms with E-state index in [2.05, 4.69) is 0 Å². The van der Waals surface area contributed by atoms with Crippen LogP contribution in [0.25, 0.3) is 0 Å². The Balaban J connectivity index is 3.41. The minimum Gasteiger partial charge on any atom is -0.493 e. The van der Waals surface area contributed by atoms with Gasteiger partial charge in [0.15, 0.2) is 17.3 Å². The van der Waals surface area contributed by atoms with Crippen LogP contribution in [0.15, 0.2) is 12.1 Å². The molecule has 0 unspecified atom stereocenters. The molecule has 1 rings (SSSR count). The molecule has 0 amide bonds. The molecule has 0 aliphatic rings. The smallest absolute Gasteiger partial charge is 0.264 e. The summed E-state index contributed by atoms with van der Waals surface area (Å²) in [6.07, 6.45) is -2.72. The highest BCUT2D eigenvalue weighted by atomic mass is 19.3. The van der Waals surface area contributed by atoms with Crippen LogP contribution in [0.1, 0.15) is 29.3 Å². The predicted octanol–water partition coefficient (Wildman–Crippen LogP) is 2.84. The Kier molecular flexibility index (Phi) is 3.82. The fourth-order valence-corrected chi connectivity index (χ4v) is 1.38. The molecule has 16 heavy (non-hydrogen) atoms. The van der Waals surface area contributed by atoms with Crippen molar-refractivity contribution in [2.45, 2.75) is 13.3 Å². The molecule has 88 valence electrons. The minimum absolute atomic E-state index is 0.0485. The third-order valence-corrected chi connectivity index (χ3v) is 2.17. The summed E-state index contributed by atoms with van der Waals surface area (Å²) in [6, 6.07) is 2.39. The lowest BCUT2D eigenvalue weighted by molar-refractivity contribution is 0.0998. The zero-order valence-corrected chi connectivity index (χ0v) is 9.21. The fraction of sp³-hybridized carbons (Fsp3) is 0.364. The van der Waals surface area contributed by atoms with Crippen LogP contribution >= 0.6 is 0 Å². The quantitative estimate of drug-likeness (QED) is 0.746. The van der Waals surface area contributed by atoms with Gasteiger partial charge in [-0.25, -0.2) is 8.78 Å². The second-order valence-electron chi connectivity index (χ2n) is 3.15. The maximum atomic E-state index is 12.7. The third kappa shape index (κ3) is 2.29. The van der Waals surface area contributed by atoms with Crippen molar-refractivity contribution in [2.24, 2.45) is 0 Å². The second-order valence-corrected chi connectivity index (χ2v) is 3.15. The Bertz CT molecular complexity index is 402. The van der Waals surface area contributed by atoms with Crippen molar-refractivity contribution in [3.8, 4) is 11.5 Å². The molecule has 1 aromatic carbocycles. The Morgan fingerprint density at radius 2 is 1.69 bits per heavy atom. The summed E-state index contributed by atoms with van der Waals surface area (Å²) in [7, 11) is 2.73. The number of hydrogen-bond acceptors (Lipinski definition) is 3. The summed E-state index contributed by atoms with van der Waals surface area (Å²) >= 11 is 0. The molecule has 0 bridgehead atoms. The number of benzene rings is 1. The predicted molar refractivity (Wildman–Crippen MR) is 54.5 cm³/mol. The van der Waals surface area contributed by atoms with Crippen LogP contribution in [0.4, 0.5) is 8.78 Å². The van der Waals surface area contributed by atoms with Crippen LogP contribution < -0.4 is 9.47 Å². The summed E-state index contributed by atoms with van der Waals surface area (Å²) in [4.78, 5) is 11.2. The number of ether oxygens (including phenoxy) is 2. The number of carbonyl (C=O) groups excluding carboxylic acids is 1. The van der Waals surface area contributed by atoms with E-state index in [1.807, 2.05) is 0 Å². The van der Waals surface area contributed by atoms with Crippen molar-refractivity contribution < 1.29 is 23.0 Å². The van der Waals surface area contributed by atoms with Crippen molar-refractivity contribution in [2.75, 3.05) is 14.2 Å². The maximum Gasteiger partial charge on any atom is 0.264 e. The molecule has 3 nitrogen and oxygen atoms in total. The van der Waals surface area contributed by atoms with Crippen molar-refractivity contribution in [1.29, 1.82) is 0 Å². The van der Waals surface area contributed by atoms with Gasteiger partial charge in [-0.1, -0.05) is 0 Å². The molecule has 1 aromatic rings. The Morgan fingerprint density at radius 3 is 2.06 bits per heavy atom. The molecule has 0 aromatic heterocycles. The normalized spacial score (nSPS) is 10.4. The Labute approximate surface area is 92.0 Å². The van der Waals surface area contributed by atoms with Crippen LogP contribution in [0.3, 0.4) is 0 Å². The molecular formula is C11H12F2O3. The average Bonchev–Trinajstić information content (AvgIpc) is 2.26. The van der Waals surface area contributed by atoms with E-state index < -0.39 is 12.2 Å². The maximum absolute atomic E-state index is 12.7. The standard InChI is InChI=1S/C11H12F2O3/c1-6(14)7-4-9(15-2)10(16-3)5-8(7)11(12)13/h4-5,11H,1-3H3. The SMILES string of the molecule is COc1cc(C(C)=O)c(C(F)F)cc1OC. The Morgan fingerprint density at radius 1 is 1.19 bits per heavy atom. The van der Waals surface area contributed by atoms with E-state index in [9.17, 15) is 13.6 Å². The molecule has 0 fully saturated rings. The monoisotopic (exact) mass is 230 g/mol. The first-order valence-electron chi connectivity index (χ1n) is 4.56. The van der Waals surface area contributed by atoms with Gasteiger partial charge in [-0.15, -0.1) is 0 Å². The number of carbonyl (C=O) groups is 1. The number of halogens is 2. The molecule has 0 N–H and O–H groups in total. The van der Waals surface area contributed by atoms with Gasteiger partial charge in [0.1, 0.15) is 0 Å². The van der Waals surface area contributed by atoms with Crippen LogP contribution in [0.2, 0.25) is 0 Å². The Hall–Kier alpha value is -1.65. The highest BCUT2D eigenvalue weighted by Gasteiger charge is 2.20. The first-order chi connectivity index (χ1) is 7.51. The molecule has 0 saturated carbocycles. The summed E-state index contributed by atoms with van der Waals surface area (Å²) in [5.41, 5.74) is -0.391. The van der Waals surface area contributed by atoms with Crippen LogP contribution in [0.5, 0.6) is 11.5 Å². The van der Waals surface area contributed by atoms with Crippen molar-refractivity contribution in [1.82, 2.24) is 0 Å². The molecule has 0 aliphatic heterocycles. The van der Waals surface area contributed by atoms with E-state index in [1.54, 1.807) is 0 Å². The van der Waals surface area contributed by atoms with E-state index >= 15 is 0 Å². The summed E-state index contributed by atoms with van der Waals surface area (Å²) < 4.78 is 35.2. The van der Waals surface area contributed by atoms with Crippen molar-refractivity contribution >= 4 is 5.78 Å². The van der Waals surface area contributed by atoms with Gasteiger partial charge >= 0.3 is 0 Å². The lowest BCUT2D eigenvalue weighted by Gasteiger charge is -2.12. The third-order valence-electron chi connectivity index (χ3n) is 2.17. The van der Waals surface area contributed by atoms with Crippen LogP contribution in [-0.4, -0.2) is 20.0 Å². The first-order valence-corrected chi connectivity index (χ1v) is 4.56. The van der Waals surface area contributed by atoms with Gasteiger partial charge in [0.25, 0.3) is 6.43 Å². The largest absolute Gasteiger partial charge is 0.493 e.